The normalized spacial score (nSPS) is 29.1. The van der Waals surface area contributed by atoms with E-state index in [1.54, 1.807) is 0 Å². The first-order valence-electron chi connectivity index (χ1n) is 5.03. The number of hydrogen-bond donors (Lipinski definition) is 0. The predicted molar refractivity (Wildman–Crippen MR) is 56.9 cm³/mol. The van der Waals surface area contributed by atoms with Crippen LogP contribution in [0, 0.1) is 0 Å². The number of hydrogen-bond acceptors (Lipinski definition) is 3. The Kier molecular flexibility index (Phi) is 3.91. The van der Waals surface area contributed by atoms with E-state index in [-0.39, 0.29) is 17.3 Å². The molecule has 4 heteroatoms. The third-order valence-corrected chi connectivity index (χ3v) is 7.06. The summed E-state index contributed by atoms with van der Waals surface area (Å²) in [6.45, 7) is 12.4. The van der Waals surface area contributed by atoms with Crippen LogP contribution in [-0.2, 0) is 9.05 Å². The zero-order chi connectivity index (χ0) is 11.0. The fraction of sp³-hybridized carbons (Fsp3) is 1.00. The second-order valence-corrected chi connectivity index (χ2v) is 8.32. The molecule has 0 radical (unpaired) electrons. The van der Waals surface area contributed by atoms with Gasteiger partial charge >= 0.3 is 95.8 Å². The summed E-state index contributed by atoms with van der Waals surface area (Å²) in [6.07, 6.45) is 1.21. The van der Waals surface area contributed by atoms with Crippen molar-refractivity contribution in [2.75, 3.05) is 0 Å². The Hall–Kier alpha value is 0.698. The van der Waals surface area contributed by atoms with E-state index in [9.17, 15) is 0 Å². The maximum absolute atomic E-state index is 5.86. The van der Waals surface area contributed by atoms with E-state index in [4.69, 9.17) is 9.05 Å². The SMILES string of the molecule is CC1CC(C)(C)[O][Sb]([O]C(C)(C)C)[O]1. The van der Waals surface area contributed by atoms with Crippen LogP contribution in [-0.4, -0.2) is 38.8 Å². The second-order valence-electron chi connectivity index (χ2n) is 5.40. The van der Waals surface area contributed by atoms with Gasteiger partial charge in [0.15, 0.2) is 0 Å². The van der Waals surface area contributed by atoms with Crippen molar-refractivity contribution in [2.45, 2.75) is 65.3 Å². The molecule has 1 fully saturated rings. The van der Waals surface area contributed by atoms with Crippen LogP contribution in [0.15, 0.2) is 0 Å². The molecule has 1 saturated heterocycles. The first kappa shape index (κ1) is 12.8. The van der Waals surface area contributed by atoms with Crippen molar-refractivity contribution < 1.29 is 9.05 Å². The quantitative estimate of drug-likeness (QED) is 0.696. The van der Waals surface area contributed by atoms with Crippen LogP contribution >= 0.6 is 0 Å². The van der Waals surface area contributed by atoms with Crippen LogP contribution < -0.4 is 0 Å². The fourth-order valence-electron chi connectivity index (χ4n) is 1.40. The van der Waals surface area contributed by atoms with Gasteiger partial charge in [-0.1, -0.05) is 0 Å². The van der Waals surface area contributed by atoms with E-state index < -0.39 is 21.5 Å². The molecule has 0 bridgehead atoms. The van der Waals surface area contributed by atoms with Crippen LogP contribution in [0.3, 0.4) is 0 Å². The Morgan fingerprint density at radius 3 is 2.36 bits per heavy atom. The van der Waals surface area contributed by atoms with E-state index in [1.807, 2.05) is 20.8 Å². The molecule has 1 rings (SSSR count). The number of rotatable bonds is 1. The topological polar surface area (TPSA) is 27.7 Å². The van der Waals surface area contributed by atoms with E-state index in [2.05, 4.69) is 20.8 Å². The van der Waals surface area contributed by atoms with Crippen molar-refractivity contribution in [3.8, 4) is 0 Å². The van der Waals surface area contributed by atoms with Gasteiger partial charge in [-0.25, -0.2) is 0 Å². The van der Waals surface area contributed by atoms with Gasteiger partial charge < -0.3 is 0 Å². The Balaban J connectivity index is 2.54. The Labute approximate surface area is 95.8 Å². The Morgan fingerprint density at radius 2 is 1.93 bits per heavy atom. The molecule has 0 spiro atoms. The Morgan fingerprint density at radius 1 is 1.36 bits per heavy atom. The van der Waals surface area contributed by atoms with Crippen LogP contribution in [0.5, 0.6) is 0 Å². The average molecular weight is 311 g/mol. The van der Waals surface area contributed by atoms with E-state index in [0.29, 0.717) is 0 Å². The van der Waals surface area contributed by atoms with Crippen LogP contribution in [0.2, 0.25) is 0 Å². The van der Waals surface area contributed by atoms with Gasteiger partial charge in [-0.15, -0.1) is 0 Å². The minimum absolute atomic E-state index is 0.0777. The molecule has 1 aliphatic heterocycles. The Bertz CT molecular complexity index is 196. The van der Waals surface area contributed by atoms with Crippen LogP contribution in [0.4, 0.5) is 0 Å². The van der Waals surface area contributed by atoms with Crippen molar-refractivity contribution >= 4 is 21.5 Å². The molecule has 84 valence electrons. The maximum atomic E-state index is 5.86. The van der Waals surface area contributed by atoms with Crippen molar-refractivity contribution in [1.29, 1.82) is 0 Å². The van der Waals surface area contributed by atoms with Gasteiger partial charge in [0.05, 0.1) is 0 Å². The molecule has 14 heavy (non-hydrogen) atoms. The summed E-state index contributed by atoms with van der Waals surface area (Å²) in [5, 5.41) is 0. The van der Waals surface area contributed by atoms with Crippen LogP contribution in [0.25, 0.3) is 0 Å². The standard InChI is InChI=1S/C6H12O2.C4H9O.Sb/c1-5(7)4-6(2,3)8;1-4(2,3)5;/h5H,4H2,1-3H3;1-3H3;/q-2;-1;+3. The second kappa shape index (κ2) is 4.29. The fourth-order valence-corrected chi connectivity index (χ4v) is 5.45. The molecule has 1 unspecified atom stereocenters. The molecule has 0 aromatic heterocycles. The molecule has 0 aromatic rings. The molecular weight excluding hydrogens is 290 g/mol. The molecule has 1 heterocycles. The van der Waals surface area contributed by atoms with Crippen LogP contribution in [0.1, 0.15) is 48.0 Å². The van der Waals surface area contributed by atoms with Gasteiger partial charge in [0.1, 0.15) is 0 Å². The van der Waals surface area contributed by atoms with Gasteiger partial charge in [0.25, 0.3) is 0 Å². The summed E-state index contributed by atoms with van der Waals surface area (Å²) in [5.74, 6) is 0. The summed E-state index contributed by atoms with van der Waals surface area (Å²) in [6, 6.07) is 0. The molecule has 0 aromatic carbocycles. The van der Waals surface area contributed by atoms with Crippen molar-refractivity contribution in [3.63, 3.8) is 0 Å². The van der Waals surface area contributed by atoms with Gasteiger partial charge in [0, 0.05) is 0 Å². The van der Waals surface area contributed by atoms with E-state index in [0.717, 1.165) is 6.42 Å². The summed E-state index contributed by atoms with van der Waals surface area (Å²) in [4.78, 5) is 0. The molecule has 3 nitrogen and oxygen atoms in total. The van der Waals surface area contributed by atoms with Crippen molar-refractivity contribution in [2.24, 2.45) is 0 Å². The first-order valence-corrected chi connectivity index (χ1v) is 8.16. The molecular formula is C10H21O3Sb. The minimum atomic E-state index is -2.38. The van der Waals surface area contributed by atoms with Gasteiger partial charge in [-0.2, -0.15) is 0 Å². The molecule has 0 amide bonds. The molecule has 0 saturated carbocycles. The van der Waals surface area contributed by atoms with Gasteiger partial charge in [-0.05, 0) is 0 Å². The predicted octanol–water partition coefficient (Wildman–Crippen LogP) is 2.39. The third kappa shape index (κ3) is 4.48. The van der Waals surface area contributed by atoms with E-state index >= 15 is 0 Å². The molecule has 1 atom stereocenters. The summed E-state index contributed by atoms with van der Waals surface area (Å²) >= 11 is -2.38. The first-order chi connectivity index (χ1) is 6.18. The molecule has 0 N–H and O–H groups in total. The van der Waals surface area contributed by atoms with Crippen molar-refractivity contribution in [3.05, 3.63) is 0 Å². The zero-order valence-corrected chi connectivity index (χ0v) is 12.5. The van der Waals surface area contributed by atoms with Gasteiger partial charge in [-0.3, -0.25) is 0 Å². The van der Waals surface area contributed by atoms with E-state index in [1.165, 1.54) is 0 Å². The van der Waals surface area contributed by atoms with Crippen molar-refractivity contribution in [1.82, 2.24) is 0 Å². The molecule has 0 aliphatic carbocycles. The third-order valence-electron chi connectivity index (χ3n) is 1.72. The average Bonchev–Trinajstić information content (AvgIpc) is 1.74. The molecule has 1 aliphatic rings. The summed E-state index contributed by atoms with van der Waals surface area (Å²) < 4.78 is 17.4. The summed E-state index contributed by atoms with van der Waals surface area (Å²) in [5.41, 5.74) is -0.234. The monoisotopic (exact) mass is 310 g/mol. The summed E-state index contributed by atoms with van der Waals surface area (Å²) in [7, 11) is 0. The zero-order valence-electron chi connectivity index (χ0n) is 9.96. The van der Waals surface area contributed by atoms with Gasteiger partial charge in [0.2, 0.25) is 0 Å².